The van der Waals surface area contributed by atoms with Gasteiger partial charge in [0.05, 0.1) is 27.9 Å². The number of nitrogens with one attached hydrogen (secondary N) is 1. The summed E-state index contributed by atoms with van der Waals surface area (Å²) in [5, 5.41) is 10.9. The number of fused-ring (bicyclic) bond motifs is 1. The van der Waals surface area contributed by atoms with Crippen LogP contribution in [0.15, 0.2) is 59.6 Å². The number of sulfone groups is 1. The fourth-order valence-electron chi connectivity index (χ4n) is 2.60. The molecule has 0 aliphatic carbocycles. The van der Waals surface area contributed by atoms with Crippen LogP contribution in [0.5, 0.6) is 0 Å². The molecule has 4 rings (SSSR count). The van der Waals surface area contributed by atoms with E-state index in [2.05, 4.69) is 20.6 Å². The van der Waals surface area contributed by atoms with Crippen LogP contribution in [0.3, 0.4) is 0 Å². The van der Waals surface area contributed by atoms with E-state index in [1.807, 2.05) is 30.3 Å². The first-order valence-corrected chi connectivity index (χ1v) is 11.0. The normalized spacial score (nSPS) is 11.6. The summed E-state index contributed by atoms with van der Waals surface area (Å²) in [5.74, 6) is -0.429. The summed E-state index contributed by atoms with van der Waals surface area (Å²) < 4.78 is 25.6. The molecule has 0 unspecified atom stereocenters. The van der Waals surface area contributed by atoms with Crippen molar-refractivity contribution in [3.8, 4) is 0 Å². The lowest BCUT2D eigenvalue weighted by molar-refractivity contribution is 0.102. The van der Waals surface area contributed by atoms with Crippen molar-refractivity contribution in [1.82, 2.24) is 20.0 Å². The number of hydrogen-bond acceptors (Lipinski definition) is 7. The molecule has 1 N–H and O–H groups in total. The zero-order valence-corrected chi connectivity index (χ0v) is 16.4. The maximum atomic E-state index is 12.4. The molecule has 0 bridgehead atoms. The van der Waals surface area contributed by atoms with Crippen LogP contribution in [-0.2, 0) is 16.4 Å². The molecule has 4 aromatic rings. The Bertz CT molecular complexity index is 1260. The van der Waals surface area contributed by atoms with Gasteiger partial charge in [-0.15, -0.1) is 5.10 Å². The van der Waals surface area contributed by atoms with Gasteiger partial charge >= 0.3 is 0 Å². The number of aromatic nitrogens is 4. The van der Waals surface area contributed by atoms with E-state index in [1.165, 1.54) is 17.4 Å². The second-order valence-corrected chi connectivity index (χ2v) is 9.21. The van der Waals surface area contributed by atoms with Gasteiger partial charge in [0.25, 0.3) is 5.91 Å². The predicted octanol–water partition coefficient (Wildman–Crippen LogP) is 2.59. The molecule has 0 radical (unpaired) electrons. The van der Waals surface area contributed by atoms with Gasteiger partial charge in [-0.05, 0) is 23.8 Å². The summed E-state index contributed by atoms with van der Waals surface area (Å²) >= 11 is 1.20. The largest absolute Gasteiger partial charge is 0.296 e. The molecular weight excluding hydrogens is 398 g/mol. The molecule has 28 heavy (non-hydrogen) atoms. The third-order valence-corrected chi connectivity index (χ3v) is 6.01. The molecule has 0 fully saturated rings. The van der Waals surface area contributed by atoms with Crippen molar-refractivity contribution in [3.05, 3.63) is 66.0 Å². The Morgan fingerprint density at radius 3 is 2.71 bits per heavy atom. The zero-order valence-electron chi connectivity index (χ0n) is 14.7. The molecule has 0 atom stereocenters. The summed E-state index contributed by atoms with van der Waals surface area (Å²) in [4.78, 5) is 17.0. The van der Waals surface area contributed by atoms with Crippen LogP contribution in [0, 0.1) is 0 Å². The van der Waals surface area contributed by atoms with E-state index in [9.17, 15) is 13.2 Å². The van der Waals surface area contributed by atoms with Crippen LogP contribution in [0.2, 0.25) is 0 Å². The fourth-order valence-corrected chi connectivity index (χ4v) is 4.22. The van der Waals surface area contributed by atoms with Crippen molar-refractivity contribution >= 4 is 42.4 Å². The van der Waals surface area contributed by atoms with Crippen LogP contribution in [0.4, 0.5) is 5.13 Å². The van der Waals surface area contributed by atoms with E-state index >= 15 is 0 Å². The topological polar surface area (TPSA) is 107 Å². The highest BCUT2D eigenvalue weighted by atomic mass is 32.2. The molecule has 0 aliphatic rings. The van der Waals surface area contributed by atoms with Crippen LogP contribution in [0.25, 0.3) is 10.2 Å². The molecule has 0 aliphatic heterocycles. The minimum absolute atomic E-state index is 0.173. The Kier molecular flexibility index (Phi) is 4.65. The maximum absolute atomic E-state index is 12.4. The number of benzene rings is 2. The van der Waals surface area contributed by atoms with E-state index < -0.39 is 15.7 Å². The van der Waals surface area contributed by atoms with Gasteiger partial charge in [0, 0.05) is 6.26 Å². The Hall–Kier alpha value is -3.11. The molecule has 10 heteroatoms. The minimum Gasteiger partial charge on any atom is -0.296 e. The third-order valence-electron chi connectivity index (χ3n) is 3.97. The molecular formula is C18H15N5O3S2. The number of anilines is 1. The Balaban J connectivity index is 1.50. The van der Waals surface area contributed by atoms with Gasteiger partial charge < -0.3 is 0 Å². The average Bonchev–Trinajstić information content (AvgIpc) is 3.27. The van der Waals surface area contributed by atoms with Crippen molar-refractivity contribution < 1.29 is 13.2 Å². The number of carbonyl (C=O) groups is 1. The number of thiazole rings is 1. The number of amides is 1. The van der Waals surface area contributed by atoms with E-state index in [0.29, 0.717) is 21.9 Å². The zero-order chi connectivity index (χ0) is 19.7. The molecule has 1 amide bonds. The average molecular weight is 413 g/mol. The predicted molar refractivity (Wildman–Crippen MR) is 106 cm³/mol. The lowest BCUT2D eigenvalue weighted by atomic mass is 10.2. The van der Waals surface area contributed by atoms with Gasteiger partial charge in [-0.25, -0.2) is 18.1 Å². The highest BCUT2D eigenvalue weighted by molar-refractivity contribution is 7.90. The van der Waals surface area contributed by atoms with E-state index in [-0.39, 0.29) is 10.6 Å². The summed E-state index contributed by atoms with van der Waals surface area (Å²) in [7, 11) is -3.30. The highest BCUT2D eigenvalue weighted by Gasteiger charge is 2.15. The number of rotatable bonds is 5. The van der Waals surface area contributed by atoms with Gasteiger partial charge in [0.2, 0.25) is 0 Å². The van der Waals surface area contributed by atoms with E-state index in [4.69, 9.17) is 0 Å². The minimum atomic E-state index is -3.30. The van der Waals surface area contributed by atoms with Gasteiger partial charge in [-0.1, -0.05) is 46.9 Å². The Morgan fingerprint density at radius 2 is 1.96 bits per heavy atom. The van der Waals surface area contributed by atoms with Crippen molar-refractivity contribution in [2.24, 2.45) is 0 Å². The first-order valence-electron chi connectivity index (χ1n) is 8.24. The molecule has 142 valence electrons. The summed E-state index contributed by atoms with van der Waals surface area (Å²) in [6.45, 7) is 0.510. The molecule has 0 saturated heterocycles. The monoisotopic (exact) mass is 413 g/mol. The van der Waals surface area contributed by atoms with E-state index in [0.717, 1.165) is 11.8 Å². The van der Waals surface area contributed by atoms with Gasteiger partial charge in [0.1, 0.15) is 0 Å². The SMILES string of the molecule is CS(=O)(=O)c1ccc2nc(NC(=O)c3cn(Cc4ccccc4)nn3)sc2c1. The fraction of sp³-hybridized carbons (Fsp3) is 0.111. The van der Waals surface area contributed by atoms with Crippen LogP contribution >= 0.6 is 11.3 Å². The van der Waals surface area contributed by atoms with Crippen molar-refractivity contribution in [2.75, 3.05) is 11.6 Å². The lowest BCUT2D eigenvalue weighted by Crippen LogP contribution is -2.12. The van der Waals surface area contributed by atoms with Crippen LogP contribution in [-0.4, -0.2) is 40.6 Å². The molecule has 0 spiro atoms. The summed E-state index contributed by atoms with van der Waals surface area (Å²) in [6, 6.07) is 14.4. The number of hydrogen-bond donors (Lipinski definition) is 1. The first-order chi connectivity index (χ1) is 13.4. The molecule has 2 heterocycles. The van der Waals surface area contributed by atoms with Gasteiger partial charge in [-0.3, -0.25) is 10.1 Å². The third kappa shape index (κ3) is 3.92. The molecule has 2 aromatic heterocycles. The Morgan fingerprint density at radius 1 is 1.18 bits per heavy atom. The highest BCUT2D eigenvalue weighted by Crippen LogP contribution is 2.28. The van der Waals surface area contributed by atoms with Crippen molar-refractivity contribution in [2.45, 2.75) is 11.4 Å². The quantitative estimate of drug-likeness (QED) is 0.539. The summed E-state index contributed by atoms with van der Waals surface area (Å²) in [6.07, 6.45) is 2.72. The summed E-state index contributed by atoms with van der Waals surface area (Å²) in [5.41, 5.74) is 1.83. The molecule has 8 nitrogen and oxygen atoms in total. The second-order valence-electron chi connectivity index (χ2n) is 6.16. The number of nitrogens with zero attached hydrogens (tertiary/aromatic N) is 4. The second kappa shape index (κ2) is 7.13. The van der Waals surface area contributed by atoms with Crippen molar-refractivity contribution in [3.63, 3.8) is 0 Å². The first kappa shape index (κ1) is 18.3. The van der Waals surface area contributed by atoms with Crippen molar-refractivity contribution in [1.29, 1.82) is 0 Å². The Labute approximate surface area is 164 Å². The molecule has 2 aromatic carbocycles. The van der Waals surface area contributed by atoms with Crippen LogP contribution in [0.1, 0.15) is 16.1 Å². The van der Waals surface area contributed by atoms with Gasteiger partial charge in [-0.2, -0.15) is 0 Å². The molecule has 0 saturated carbocycles. The van der Waals surface area contributed by atoms with E-state index in [1.54, 1.807) is 23.0 Å². The van der Waals surface area contributed by atoms with Crippen LogP contribution < -0.4 is 5.32 Å². The number of carbonyl (C=O) groups excluding carboxylic acids is 1. The van der Waals surface area contributed by atoms with Gasteiger partial charge in [0.15, 0.2) is 20.7 Å². The lowest BCUT2D eigenvalue weighted by Gasteiger charge is -1.99. The standard InChI is InChI=1S/C18H15N5O3S2/c1-28(25,26)13-7-8-14-16(9-13)27-18(19-14)20-17(24)15-11-23(22-21-15)10-12-5-3-2-4-6-12/h2-9,11H,10H2,1H3,(H,19,20,24). The smallest absolute Gasteiger partial charge is 0.279 e. The maximum Gasteiger partial charge on any atom is 0.279 e.